The number of hydrogen-bond donors (Lipinski definition) is 1. The third-order valence-electron chi connectivity index (χ3n) is 3.19. The van der Waals surface area contributed by atoms with E-state index in [0.29, 0.717) is 0 Å². The van der Waals surface area contributed by atoms with Crippen LogP contribution < -0.4 is 5.73 Å². The van der Waals surface area contributed by atoms with Gasteiger partial charge in [0.05, 0.1) is 22.4 Å². The minimum absolute atomic E-state index is 0.00328. The van der Waals surface area contributed by atoms with E-state index in [1.807, 2.05) is 0 Å². The lowest BCUT2D eigenvalue weighted by Gasteiger charge is -2.19. The van der Waals surface area contributed by atoms with Crippen LogP contribution in [-0.2, 0) is 9.47 Å². The van der Waals surface area contributed by atoms with Gasteiger partial charge >= 0.3 is 17.6 Å². The Hall–Kier alpha value is -2.98. The number of nitro groups is 1. The molecule has 0 aliphatic rings. The number of nitrogens with zero attached hydrogens (tertiary/aromatic N) is 3. The highest BCUT2D eigenvalue weighted by molar-refractivity contribution is 6.30. The summed E-state index contributed by atoms with van der Waals surface area (Å²) in [5, 5.41) is 10.9. The maximum absolute atomic E-state index is 11.7. The number of ether oxygens (including phenoxy) is 2. The van der Waals surface area contributed by atoms with Gasteiger partial charge in [-0.3, -0.25) is 10.1 Å². The van der Waals surface area contributed by atoms with Crippen LogP contribution in [0.25, 0.3) is 0 Å². The molecule has 2 aromatic heterocycles. The average molecular weight is 487 g/mol. The summed E-state index contributed by atoms with van der Waals surface area (Å²) in [6.45, 7) is 10.3. The van der Waals surface area contributed by atoms with Gasteiger partial charge in [-0.2, -0.15) is 0 Å². The van der Waals surface area contributed by atoms with Gasteiger partial charge < -0.3 is 15.2 Å². The molecule has 0 aromatic carbocycles. The number of esters is 2. The van der Waals surface area contributed by atoms with E-state index in [2.05, 4.69) is 9.97 Å². The fraction of sp³-hybridized carbons (Fsp3) is 0.400. The fourth-order valence-electron chi connectivity index (χ4n) is 2.02. The number of hydrogen-bond acceptors (Lipinski definition) is 9. The summed E-state index contributed by atoms with van der Waals surface area (Å²) in [5.41, 5.74) is 4.16. The van der Waals surface area contributed by atoms with Gasteiger partial charge in [0, 0.05) is 0 Å². The first kappa shape index (κ1) is 27.1. The first-order valence-electron chi connectivity index (χ1n) is 9.18. The highest BCUT2D eigenvalue weighted by Gasteiger charge is 2.26. The lowest BCUT2D eigenvalue weighted by molar-refractivity contribution is -0.385. The van der Waals surface area contributed by atoms with E-state index in [-0.39, 0.29) is 27.1 Å². The van der Waals surface area contributed by atoms with Crippen molar-refractivity contribution < 1.29 is 24.0 Å². The molecule has 174 valence electrons. The first-order valence-corrected chi connectivity index (χ1v) is 9.93. The quantitative estimate of drug-likeness (QED) is 0.277. The molecule has 0 bridgehead atoms. The molecule has 2 rings (SSSR count). The van der Waals surface area contributed by atoms with Crippen molar-refractivity contribution in [3.63, 3.8) is 0 Å². The lowest BCUT2D eigenvalue weighted by atomic mass is 10.2. The van der Waals surface area contributed by atoms with Gasteiger partial charge in [-0.25, -0.2) is 19.6 Å². The molecule has 2 N–H and O–H groups in total. The lowest BCUT2D eigenvalue weighted by Crippen LogP contribution is -2.24. The van der Waals surface area contributed by atoms with E-state index in [0.717, 1.165) is 12.3 Å². The van der Waals surface area contributed by atoms with E-state index < -0.39 is 33.8 Å². The smallest absolute Gasteiger partial charge is 0.345 e. The number of halogens is 2. The summed E-state index contributed by atoms with van der Waals surface area (Å²) in [6, 6.07) is 2.51. The van der Waals surface area contributed by atoms with Crippen LogP contribution in [0.15, 0.2) is 24.5 Å². The molecule has 2 heterocycles. The van der Waals surface area contributed by atoms with Crippen LogP contribution in [0.4, 0.5) is 11.4 Å². The predicted molar refractivity (Wildman–Crippen MR) is 120 cm³/mol. The monoisotopic (exact) mass is 486 g/mol. The number of aromatic nitrogens is 2. The van der Waals surface area contributed by atoms with E-state index in [1.165, 1.54) is 12.3 Å². The molecule has 0 radical (unpaired) electrons. The Morgan fingerprint density at radius 1 is 0.906 bits per heavy atom. The Balaban J connectivity index is 0.000000323. The molecule has 12 heteroatoms. The van der Waals surface area contributed by atoms with Crippen LogP contribution in [0.2, 0.25) is 10.3 Å². The second kappa shape index (κ2) is 10.6. The number of anilines is 1. The van der Waals surface area contributed by atoms with Gasteiger partial charge in [-0.15, -0.1) is 0 Å². The van der Waals surface area contributed by atoms with Crippen molar-refractivity contribution in [2.45, 2.75) is 52.7 Å². The zero-order valence-corrected chi connectivity index (χ0v) is 19.9. The van der Waals surface area contributed by atoms with Crippen molar-refractivity contribution in [3.8, 4) is 0 Å². The molecule has 0 fully saturated rings. The van der Waals surface area contributed by atoms with E-state index in [1.54, 1.807) is 41.5 Å². The topological polar surface area (TPSA) is 148 Å². The molecular weight excluding hydrogens is 463 g/mol. The van der Waals surface area contributed by atoms with Crippen LogP contribution in [0.3, 0.4) is 0 Å². The van der Waals surface area contributed by atoms with Crippen LogP contribution in [-0.4, -0.2) is 38.0 Å². The van der Waals surface area contributed by atoms with Crippen molar-refractivity contribution in [1.29, 1.82) is 0 Å². The number of carbonyl (C=O) groups is 2. The van der Waals surface area contributed by atoms with Crippen LogP contribution in [0, 0.1) is 10.1 Å². The summed E-state index contributed by atoms with van der Waals surface area (Å²) >= 11 is 11.3. The third-order valence-corrected chi connectivity index (χ3v) is 3.60. The molecule has 0 aliphatic carbocycles. The summed E-state index contributed by atoms with van der Waals surface area (Å²) in [6.07, 6.45) is 2.27. The van der Waals surface area contributed by atoms with Gasteiger partial charge in [0.1, 0.15) is 33.3 Å². The standard InChI is InChI=1S/C10H11ClN2O4.C10H13ClN2O2/c1-10(2,3)17-9(14)6-4-8(11)12-5-7(6)13(15)16;1-10(2,3)15-9(14)6-4-8(11)13-5-7(6)12/h4-5H,1-3H3;4-5H,12H2,1-3H3. The molecule has 0 aliphatic heterocycles. The predicted octanol–water partition coefficient (Wildman–Crippen LogP) is 4.87. The highest BCUT2D eigenvalue weighted by atomic mass is 35.5. The summed E-state index contributed by atoms with van der Waals surface area (Å²) in [7, 11) is 0. The fourth-order valence-corrected chi connectivity index (χ4v) is 2.33. The largest absolute Gasteiger partial charge is 0.456 e. The van der Waals surface area contributed by atoms with Crippen molar-refractivity contribution in [3.05, 3.63) is 56.1 Å². The summed E-state index contributed by atoms with van der Waals surface area (Å²) in [4.78, 5) is 40.7. The molecule has 0 saturated heterocycles. The van der Waals surface area contributed by atoms with Crippen molar-refractivity contribution in [1.82, 2.24) is 9.97 Å². The molecule has 0 atom stereocenters. The normalized spacial score (nSPS) is 11.1. The Morgan fingerprint density at radius 2 is 1.31 bits per heavy atom. The Morgan fingerprint density at radius 3 is 1.75 bits per heavy atom. The SMILES string of the molecule is CC(C)(C)OC(=O)c1cc(Cl)ncc1N.CC(C)(C)OC(=O)c1cc(Cl)ncc1[N+](=O)[O-]. The molecule has 0 unspecified atom stereocenters. The molecule has 10 nitrogen and oxygen atoms in total. The molecule has 2 aromatic rings. The number of pyridine rings is 2. The maximum Gasteiger partial charge on any atom is 0.345 e. The van der Waals surface area contributed by atoms with Crippen molar-refractivity contribution in [2.24, 2.45) is 0 Å². The van der Waals surface area contributed by atoms with E-state index in [9.17, 15) is 19.7 Å². The maximum atomic E-state index is 11.7. The van der Waals surface area contributed by atoms with Gasteiger partial charge in [0.2, 0.25) is 0 Å². The molecule has 0 spiro atoms. The molecule has 0 amide bonds. The Kier molecular flexibility index (Phi) is 8.93. The third kappa shape index (κ3) is 9.03. The zero-order valence-electron chi connectivity index (χ0n) is 18.4. The Bertz CT molecular complexity index is 1020. The summed E-state index contributed by atoms with van der Waals surface area (Å²) in [5.74, 6) is -1.29. The first-order chi connectivity index (χ1) is 14.5. The number of carbonyl (C=O) groups excluding carboxylic acids is 2. The molecule has 0 saturated carbocycles. The second-order valence-electron chi connectivity index (χ2n) is 8.38. The summed E-state index contributed by atoms with van der Waals surface area (Å²) < 4.78 is 10.2. The van der Waals surface area contributed by atoms with Gasteiger partial charge in [0.15, 0.2) is 0 Å². The minimum atomic E-state index is -0.798. The van der Waals surface area contributed by atoms with Gasteiger partial charge in [0.25, 0.3) is 0 Å². The molecule has 32 heavy (non-hydrogen) atoms. The van der Waals surface area contributed by atoms with E-state index >= 15 is 0 Å². The zero-order chi connectivity index (χ0) is 24.9. The Labute approximate surface area is 195 Å². The van der Waals surface area contributed by atoms with Crippen LogP contribution >= 0.6 is 23.2 Å². The van der Waals surface area contributed by atoms with Crippen molar-refractivity contribution in [2.75, 3.05) is 5.73 Å². The van der Waals surface area contributed by atoms with Crippen LogP contribution in [0.5, 0.6) is 0 Å². The minimum Gasteiger partial charge on any atom is -0.456 e. The average Bonchev–Trinajstić information content (AvgIpc) is 2.61. The van der Waals surface area contributed by atoms with E-state index in [4.69, 9.17) is 38.4 Å². The van der Waals surface area contributed by atoms with Gasteiger partial charge in [-0.1, -0.05) is 23.2 Å². The second-order valence-corrected chi connectivity index (χ2v) is 9.15. The number of nitrogen functional groups attached to an aromatic ring is 1. The van der Waals surface area contributed by atoms with Crippen molar-refractivity contribution >= 4 is 46.5 Å². The molecular formula is C20H24Cl2N4O6. The highest BCUT2D eigenvalue weighted by Crippen LogP contribution is 2.23. The number of nitrogens with two attached hydrogens (primary N) is 1. The van der Waals surface area contributed by atoms with Gasteiger partial charge in [-0.05, 0) is 53.7 Å². The van der Waals surface area contributed by atoms with Crippen LogP contribution in [0.1, 0.15) is 62.3 Å². The number of rotatable bonds is 3.